The third kappa shape index (κ3) is 3.37. The highest BCUT2D eigenvalue weighted by Gasteiger charge is 2.16. The van der Waals surface area contributed by atoms with Crippen LogP contribution in [0.4, 0.5) is 0 Å². The molecule has 1 heterocycles. The van der Waals surface area contributed by atoms with Crippen molar-refractivity contribution in [3.63, 3.8) is 0 Å². The summed E-state index contributed by atoms with van der Waals surface area (Å²) in [5.74, 6) is -0.184. The van der Waals surface area contributed by atoms with Gasteiger partial charge in [-0.15, -0.1) is 0 Å². The molecule has 0 bridgehead atoms. The molecule has 1 aromatic heterocycles. The normalized spacial score (nSPS) is 11.5. The Kier molecular flexibility index (Phi) is 4.19. The van der Waals surface area contributed by atoms with E-state index < -0.39 is 12.1 Å². The number of nitriles is 1. The molecular formula is C16H13NO4. The monoisotopic (exact) mass is 283 g/mol. The molecule has 2 rings (SSSR count). The third-order valence-electron chi connectivity index (χ3n) is 2.85. The van der Waals surface area contributed by atoms with Crippen LogP contribution in [0.3, 0.4) is 0 Å². The van der Waals surface area contributed by atoms with Crippen molar-refractivity contribution in [3.8, 4) is 17.4 Å². The van der Waals surface area contributed by atoms with Crippen molar-refractivity contribution in [2.75, 3.05) is 0 Å². The molecule has 0 aliphatic carbocycles. The molecule has 0 N–H and O–H groups in total. The van der Waals surface area contributed by atoms with Crippen LogP contribution >= 0.6 is 0 Å². The number of carbonyl (C=O) groups is 2. The summed E-state index contributed by atoms with van der Waals surface area (Å²) in [6.45, 7) is 2.97. The minimum atomic E-state index is -0.832. The SMILES string of the molecule is CC(=O)c1ccc(-c2ccc(C(=O)O[C@@H](C)C#N)o2)cc1. The molecule has 0 saturated carbocycles. The molecule has 0 saturated heterocycles. The first-order chi connectivity index (χ1) is 10.0. The van der Waals surface area contributed by atoms with Gasteiger partial charge in [0.1, 0.15) is 11.8 Å². The van der Waals surface area contributed by atoms with Gasteiger partial charge in [-0.2, -0.15) is 5.26 Å². The lowest BCUT2D eigenvalue weighted by atomic mass is 10.1. The van der Waals surface area contributed by atoms with Crippen molar-refractivity contribution in [2.24, 2.45) is 0 Å². The highest BCUT2D eigenvalue weighted by atomic mass is 16.6. The van der Waals surface area contributed by atoms with Crippen LogP contribution in [0.15, 0.2) is 40.8 Å². The number of rotatable bonds is 4. The molecule has 5 heteroatoms. The highest BCUT2D eigenvalue weighted by molar-refractivity contribution is 5.94. The number of benzene rings is 1. The number of esters is 1. The van der Waals surface area contributed by atoms with E-state index in [4.69, 9.17) is 14.4 Å². The van der Waals surface area contributed by atoms with Crippen LogP contribution in [0.5, 0.6) is 0 Å². The van der Waals surface area contributed by atoms with Crippen molar-refractivity contribution < 1.29 is 18.7 Å². The van der Waals surface area contributed by atoms with Crippen molar-refractivity contribution >= 4 is 11.8 Å². The second-order valence-electron chi connectivity index (χ2n) is 4.47. The van der Waals surface area contributed by atoms with Crippen LogP contribution in [0, 0.1) is 11.3 Å². The number of carbonyl (C=O) groups excluding carboxylic acids is 2. The Balaban J connectivity index is 2.18. The van der Waals surface area contributed by atoms with Gasteiger partial charge in [-0.3, -0.25) is 4.79 Å². The summed E-state index contributed by atoms with van der Waals surface area (Å²) in [5, 5.41) is 8.60. The smallest absolute Gasteiger partial charge is 0.375 e. The lowest BCUT2D eigenvalue weighted by molar-refractivity contribution is 0.0400. The zero-order valence-electron chi connectivity index (χ0n) is 11.6. The molecule has 1 atom stereocenters. The van der Waals surface area contributed by atoms with Crippen LogP contribution in [0.25, 0.3) is 11.3 Å². The fraction of sp³-hybridized carbons (Fsp3) is 0.188. The van der Waals surface area contributed by atoms with E-state index in [2.05, 4.69) is 0 Å². The van der Waals surface area contributed by atoms with Gasteiger partial charge in [0.25, 0.3) is 0 Å². The molecular weight excluding hydrogens is 270 g/mol. The lowest BCUT2D eigenvalue weighted by Gasteiger charge is -2.03. The van der Waals surface area contributed by atoms with Crippen LogP contribution in [0.2, 0.25) is 0 Å². The summed E-state index contributed by atoms with van der Waals surface area (Å²) in [5.41, 5.74) is 1.35. The topological polar surface area (TPSA) is 80.3 Å². The first-order valence-electron chi connectivity index (χ1n) is 6.33. The van der Waals surface area contributed by atoms with Crippen LogP contribution in [-0.4, -0.2) is 17.9 Å². The average molecular weight is 283 g/mol. The maximum absolute atomic E-state index is 11.7. The Labute approximate surface area is 121 Å². The quantitative estimate of drug-likeness (QED) is 0.635. The fourth-order valence-corrected chi connectivity index (χ4v) is 1.72. The Morgan fingerprint density at radius 1 is 1.19 bits per heavy atom. The van der Waals surface area contributed by atoms with Gasteiger partial charge < -0.3 is 9.15 Å². The van der Waals surface area contributed by atoms with Crippen molar-refractivity contribution in [1.82, 2.24) is 0 Å². The molecule has 0 aliphatic rings. The van der Waals surface area contributed by atoms with E-state index in [1.54, 1.807) is 36.4 Å². The van der Waals surface area contributed by atoms with E-state index in [1.165, 1.54) is 19.9 Å². The largest absolute Gasteiger partial charge is 0.449 e. The molecule has 5 nitrogen and oxygen atoms in total. The summed E-state index contributed by atoms with van der Waals surface area (Å²) in [6.07, 6.45) is -0.832. The number of Topliss-reactive ketones (excluding diaryl/α,β-unsaturated/α-hetero) is 1. The lowest BCUT2D eigenvalue weighted by Crippen LogP contribution is -2.12. The van der Waals surface area contributed by atoms with E-state index >= 15 is 0 Å². The van der Waals surface area contributed by atoms with Crippen molar-refractivity contribution in [3.05, 3.63) is 47.7 Å². The Morgan fingerprint density at radius 2 is 1.86 bits per heavy atom. The molecule has 0 fully saturated rings. The maximum atomic E-state index is 11.7. The highest BCUT2D eigenvalue weighted by Crippen LogP contribution is 2.23. The zero-order chi connectivity index (χ0) is 15.4. The van der Waals surface area contributed by atoms with Gasteiger partial charge >= 0.3 is 5.97 Å². The van der Waals surface area contributed by atoms with Gasteiger partial charge in [0.05, 0.1) is 0 Å². The Hall–Kier alpha value is -2.87. The first kappa shape index (κ1) is 14.5. The fourth-order valence-electron chi connectivity index (χ4n) is 1.72. The van der Waals surface area contributed by atoms with Gasteiger partial charge in [-0.25, -0.2) is 4.79 Å². The molecule has 0 spiro atoms. The second kappa shape index (κ2) is 6.06. The molecule has 1 aromatic carbocycles. The number of ketones is 1. The molecule has 0 amide bonds. The summed E-state index contributed by atoms with van der Waals surface area (Å²) in [7, 11) is 0. The van der Waals surface area contributed by atoms with Crippen LogP contribution in [0.1, 0.15) is 34.8 Å². The number of nitrogens with zero attached hydrogens (tertiary/aromatic N) is 1. The van der Waals surface area contributed by atoms with Gasteiger partial charge in [-0.1, -0.05) is 24.3 Å². The van der Waals surface area contributed by atoms with E-state index in [0.717, 1.165) is 5.56 Å². The number of hydrogen-bond acceptors (Lipinski definition) is 5. The van der Waals surface area contributed by atoms with E-state index in [9.17, 15) is 9.59 Å². The van der Waals surface area contributed by atoms with Gasteiger partial charge in [0.2, 0.25) is 5.76 Å². The van der Waals surface area contributed by atoms with Crippen LogP contribution < -0.4 is 0 Å². The third-order valence-corrected chi connectivity index (χ3v) is 2.85. The average Bonchev–Trinajstić information content (AvgIpc) is 2.97. The number of furan rings is 1. The van der Waals surface area contributed by atoms with Crippen molar-refractivity contribution in [1.29, 1.82) is 5.26 Å². The molecule has 0 aliphatic heterocycles. The Morgan fingerprint density at radius 3 is 2.43 bits per heavy atom. The summed E-state index contributed by atoms with van der Waals surface area (Å²) >= 11 is 0. The summed E-state index contributed by atoms with van der Waals surface area (Å²) in [6, 6.07) is 11.8. The molecule has 0 radical (unpaired) electrons. The van der Waals surface area contributed by atoms with Crippen LogP contribution in [-0.2, 0) is 4.74 Å². The van der Waals surface area contributed by atoms with Crippen molar-refractivity contribution in [2.45, 2.75) is 20.0 Å². The molecule has 2 aromatic rings. The maximum Gasteiger partial charge on any atom is 0.375 e. The zero-order valence-corrected chi connectivity index (χ0v) is 11.6. The van der Waals surface area contributed by atoms with Gasteiger partial charge in [0, 0.05) is 11.1 Å². The Bertz CT molecular complexity index is 707. The van der Waals surface area contributed by atoms with E-state index in [1.807, 2.05) is 0 Å². The molecule has 0 unspecified atom stereocenters. The molecule has 21 heavy (non-hydrogen) atoms. The van der Waals surface area contributed by atoms with E-state index in [0.29, 0.717) is 11.3 Å². The first-order valence-corrected chi connectivity index (χ1v) is 6.33. The minimum absolute atomic E-state index is 0.0178. The summed E-state index contributed by atoms with van der Waals surface area (Å²) in [4.78, 5) is 22.9. The predicted octanol–water partition coefficient (Wildman–Crippen LogP) is 3.22. The second-order valence-corrected chi connectivity index (χ2v) is 4.47. The molecule has 106 valence electrons. The summed E-state index contributed by atoms with van der Waals surface area (Å²) < 4.78 is 10.3. The number of hydrogen-bond donors (Lipinski definition) is 0. The standard InChI is InChI=1S/C16H13NO4/c1-10(9-17)20-16(19)15-8-7-14(21-15)13-5-3-12(4-6-13)11(2)18/h3-8,10H,1-2H3/t10-/m0/s1. The van der Waals surface area contributed by atoms with Gasteiger partial charge in [-0.05, 0) is 26.0 Å². The van der Waals surface area contributed by atoms with Gasteiger partial charge in [0.15, 0.2) is 11.9 Å². The predicted molar refractivity (Wildman–Crippen MR) is 74.6 cm³/mol. The minimum Gasteiger partial charge on any atom is -0.449 e. The van der Waals surface area contributed by atoms with E-state index in [-0.39, 0.29) is 11.5 Å². The number of ether oxygens (including phenoxy) is 1.